The van der Waals surface area contributed by atoms with Crippen molar-refractivity contribution in [2.24, 2.45) is 0 Å². The summed E-state index contributed by atoms with van der Waals surface area (Å²) >= 11 is 1.67. The summed E-state index contributed by atoms with van der Waals surface area (Å²) in [6.07, 6.45) is 2.75. The van der Waals surface area contributed by atoms with Crippen LogP contribution in [0.1, 0.15) is 45.5 Å². The molecular weight excluding hydrogens is 270 g/mol. The molecule has 0 aliphatic heterocycles. The molecule has 1 aromatic carbocycles. The molecule has 0 N–H and O–H groups in total. The van der Waals surface area contributed by atoms with Gasteiger partial charge in [0.05, 0.1) is 22.9 Å². The van der Waals surface area contributed by atoms with Crippen LogP contribution in [-0.2, 0) is 0 Å². The molecule has 1 aromatic heterocycles. The summed E-state index contributed by atoms with van der Waals surface area (Å²) in [5.41, 5.74) is 0.938. The van der Waals surface area contributed by atoms with Gasteiger partial charge in [-0.2, -0.15) is 0 Å². The van der Waals surface area contributed by atoms with Crippen LogP contribution in [-0.4, -0.2) is 18.2 Å². The number of rotatable bonds is 3. The minimum atomic E-state index is 0.413. The fraction of sp³-hybridized carbons (Fsp3) is 0.562. The van der Waals surface area contributed by atoms with Crippen LogP contribution in [0.4, 0.5) is 0 Å². The van der Waals surface area contributed by atoms with Crippen LogP contribution >= 0.6 is 11.3 Å². The Kier molecular flexibility index (Phi) is 6.79. The van der Waals surface area contributed by atoms with Gasteiger partial charge in [-0.1, -0.05) is 27.7 Å². The quantitative estimate of drug-likeness (QED) is 0.779. The summed E-state index contributed by atoms with van der Waals surface area (Å²) < 4.78 is 12.3. The highest BCUT2D eigenvalue weighted by Crippen LogP contribution is 2.36. The van der Waals surface area contributed by atoms with Gasteiger partial charge >= 0.3 is 0 Å². The first-order valence-electron chi connectivity index (χ1n) is 7.38. The Morgan fingerprint density at radius 2 is 1.80 bits per heavy atom. The van der Waals surface area contributed by atoms with Crippen LogP contribution in [0.2, 0.25) is 0 Å². The Morgan fingerprint density at radius 1 is 1.15 bits per heavy atom. The summed E-state index contributed by atoms with van der Waals surface area (Å²) in [6.45, 7) is 10.0. The van der Waals surface area contributed by atoms with Crippen LogP contribution in [0.5, 0.6) is 11.5 Å². The highest BCUT2D eigenvalue weighted by atomic mass is 32.1. The molecule has 1 aliphatic rings. The van der Waals surface area contributed by atoms with E-state index in [4.69, 9.17) is 9.47 Å². The van der Waals surface area contributed by atoms with E-state index >= 15 is 0 Å². The minimum absolute atomic E-state index is 0.413. The van der Waals surface area contributed by atoms with Crippen LogP contribution in [0.3, 0.4) is 0 Å². The molecule has 0 unspecified atom stereocenters. The number of benzene rings is 1. The predicted octanol–water partition coefficient (Wildman–Crippen LogP) is 5.21. The molecule has 0 saturated heterocycles. The molecule has 0 atom stereocenters. The molecule has 0 amide bonds. The Morgan fingerprint density at radius 3 is 2.35 bits per heavy atom. The van der Waals surface area contributed by atoms with E-state index in [0.717, 1.165) is 26.7 Å². The molecule has 0 bridgehead atoms. The molecule has 1 heterocycles. The smallest absolute Gasteiger partial charge is 0.149 e. The maximum absolute atomic E-state index is 5.78. The number of thiazole rings is 1. The average Bonchev–Trinajstić information content (AvgIpc) is 3.21. The van der Waals surface area contributed by atoms with Crippen LogP contribution < -0.4 is 9.47 Å². The van der Waals surface area contributed by atoms with Crippen molar-refractivity contribution in [2.75, 3.05) is 7.11 Å². The van der Waals surface area contributed by atoms with Gasteiger partial charge in [0.25, 0.3) is 0 Å². The van der Waals surface area contributed by atoms with Crippen LogP contribution in [0, 0.1) is 6.92 Å². The zero-order chi connectivity index (χ0) is 15.1. The number of fused-ring (bicyclic) bond motifs is 1. The molecule has 20 heavy (non-hydrogen) atoms. The van der Waals surface area contributed by atoms with Crippen molar-refractivity contribution in [1.82, 2.24) is 4.98 Å². The topological polar surface area (TPSA) is 31.4 Å². The SMILES string of the molecule is CC.CC.COc1cc(OC2CC2)cc2sc(C)nc12. The van der Waals surface area contributed by atoms with Gasteiger partial charge in [-0.3, -0.25) is 0 Å². The second kappa shape index (κ2) is 8.10. The molecule has 1 aliphatic carbocycles. The average molecular weight is 295 g/mol. The van der Waals surface area contributed by atoms with Gasteiger partial charge in [-0.25, -0.2) is 4.98 Å². The standard InChI is InChI=1S/C12H13NO2S.2C2H6/c1-7-13-12-10(14-2)5-9(6-11(12)16-7)15-8-3-4-8;2*1-2/h5-6,8H,3-4H2,1-2H3;2*1-2H3. The normalized spacial score (nSPS) is 12.9. The Labute approximate surface area is 125 Å². The van der Waals surface area contributed by atoms with E-state index in [0.29, 0.717) is 6.10 Å². The largest absolute Gasteiger partial charge is 0.494 e. The number of aryl methyl sites for hydroxylation is 1. The fourth-order valence-electron chi connectivity index (χ4n) is 1.69. The van der Waals surface area contributed by atoms with Gasteiger partial charge in [0.15, 0.2) is 0 Å². The number of ether oxygens (including phenoxy) is 2. The molecule has 1 saturated carbocycles. The lowest BCUT2D eigenvalue weighted by Crippen LogP contribution is -1.96. The first-order chi connectivity index (χ1) is 9.76. The molecule has 3 rings (SSSR count). The second-order valence-electron chi connectivity index (χ2n) is 4.02. The summed E-state index contributed by atoms with van der Waals surface area (Å²) in [5, 5.41) is 1.05. The van der Waals surface area contributed by atoms with Crippen LogP contribution in [0.15, 0.2) is 12.1 Å². The maximum atomic E-state index is 5.78. The van der Waals surface area contributed by atoms with Crippen molar-refractivity contribution < 1.29 is 9.47 Å². The zero-order valence-corrected chi connectivity index (χ0v) is 14.1. The van der Waals surface area contributed by atoms with Crippen molar-refractivity contribution >= 4 is 21.6 Å². The van der Waals surface area contributed by atoms with Gasteiger partial charge < -0.3 is 9.47 Å². The summed E-state index contributed by atoms with van der Waals surface area (Å²) in [6, 6.07) is 3.99. The lowest BCUT2D eigenvalue weighted by molar-refractivity contribution is 0.301. The highest BCUT2D eigenvalue weighted by Gasteiger charge is 2.24. The van der Waals surface area contributed by atoms with Gasteiger partial charge in [0, 0.05) is 6.07 Å². The third-order valence-corrected chi connectivity index (χ3v) is 3.51. The molecule has 3 nitrogen and oxygen atoms in total. The second-order valence-corrected chi connectivity index (χ2v) is 5.26. The van der Waals surface area contributed by atoms with E-state index in [9.17, 15) is 0 Å². The third kappa shape index (κ3) is 4.10. The number of methoxy groups -OCH3 is 1. The molecule has 1 fully saturated rings. The zero-order valence-electron chi connectivity index (χ0n) is 13.3. The minimum Gasteiger partial charge on any atom is -0.494 e. The predicted molar refractivity (Wildman–Crippen MR) is 87.3 cm³/mol. The Bertz CT molecular complexity index is 533. The van der Waals surface area contributed by atoms with Crippen molar-refractivity contribution in [3.05, 3.63) is 17.1 Å². The number of nitrogens with zero attached hydrogens (tertiary/aromatic N) is 1. The van der Waals surface area contributed by atoms with Gasteiger partial charge in [-0.15, -0.1) is 11.3 Å². The first kappa shape index (κ1) is 16.8. The molecule has 2 aromatic rings. The highest BCUT2D eigenvalue weighted by molar-refractivity contribution is 7.18. The summed E-state index contributed by atoms with van der Waals surface area (Å²) in [5.74, 6) is 1.70. The Hall–Kier alpha value is -1.29. The van der Waals surface area contributed by atoms with E-state index in [1.165, 1.54) is 12.8 Å². The Balaban J connectivity index is 0.000000461. The molecular formula is C16H25NO2S. The maximum Gasteiger partial charge on any atom is 0.149 e. The van der Waals surface area contributed by atoms with Gasteiger partial charge in [0.1, 0.15) is 17.0 Å². The molecule has 112 valence electrons. The number of hydrogen-bond donors (Lipinski definition) is 0. The van der Waals surface area contributed by atoms with Crippen molar-refractivity contribution in [2.45, 2.75) is 53.6 Å². The fourth-order valence-corrected chi connectivity index (χ4v) is 2.56. The van der Waals surface area contributed by atoms with Crippen LogP contribution in [0.25, 0.3) is 10.2 Å². The van der Waals surface area contributed by atoms with Gasteiger partial charge in [-0.05, 0) is 25.8 Å². The molecule has 0 radical (unpaired) electrons. The van der Waals surface area contributed by atoms with E-state index in [-0.39, 0.29) is 0 Å². The van der Waals surface area contributed by atoms with Crippen molar-refractivity contribution in [3.8, 4) is 11.5 Å². The summed E-state index contributed by atoms with van der Waals surface area (Å²) in [4.78, 5) is 4.46. The van der Waals surface area contributed by atoms with E-state index in [2.05, 4.69) is 11.1 Å². The van der Waals surface area contributed by atoms with E-state index in [1.54, 1.807) is 18.4 Å². The number of hydrogen-bond acceptors (Lipinski definition) is 4. The summed E-state index contributed by atoms with van der Waals surface area (Å²) in [7, 11) is 1.67. The van der Waals surface area contributed by atoms with Crippen molar-refractivity contribution in [3.63, 3.8) is 0 Å². The molecule has 4 heteroatoms. The van der Waals surface area contributed by atoms with Gasteiger partial charge in [0.2, 0.25) is 0 Å². The first-order valence-corrected chi connectivity index (χ1v) is 8.20. The van der Waals surface area contributed by atoms with E-state index < -0.39 is 0 Å². The van der Waals surface area contributed by atoms with E-state index in [1.807, 2.05) is 40.7 Å². The lowest BCUT2D eigenvalue weighted by Gasteiger charge is -2.07. The number of aromatic nitrogens is 1. The lowest BCUT2D eigenvalue weighted by atomic mass is 10.3. The van der Waals surface area contributed by atoms with Crippen molar-refractivity contribution in [1.29, 1.82) is 0 Å². The monoisotopic (exact) mass is 295 g/mol. The molecule has 0 spiro atoms. The third-order valence-electron chi connectivity index (χ3n) is 2.59.